The van der Waals surface area contributed by atoms with Crippen molar-refractivity contribution in [2.24, 2.45) is 0 Å². The van der Waals surface area contributed by atoms with Crippen molar-refractivity contribution < 1.29 is 27.1 Å². The molecule has 0 spiro atoms. The summed E-state index contributed by atoms with van der Waals surface area (Å²) < 4.78 is 50.9. The van der Waals surface area contributed by atoms with Crippen LogP contribution in [0.5, 0.6) is 0 Å². The van der Waals surface area contributed by atoms with Crippen LogP contribution in [0.2, 0.25) is 10.0 Å². The molecular weight excluding hydrogens is 550 g/mol. The van der Waals surface area contributed by atoms with Gasteiger partial charge in [0.15, 0.2) is 5.11 Å². The fourth-order valence-electron chi connectivity index (χ4n) is 3.63. The number of carbonyl (C=O) groups excluding carboxylic acids is 1. The number of furan rings is 1. The molecule has 4 rings (SSSR count). The maximum atomic E-state index is 13.3. The van der Waals surface area contributed by atoms with Crippen molar-refractivity contribution in [3.05, 3.63) is 76.0 Å². The molecule has 2 N–H and O–H groups in total. The summed E-state index contributed by atoms with van der Waals surface area (Å²) in [6, 6.07) is 11.7. The number of benzene rings is 2. The molecule has 0 unspecified atom stereocenters. The molecule has 37 heavy (non-hydrogen) atoms. The van der Waals surface area contributed by atoms with Gasteiger partial charge in [0.1, 0.15) is 11.5 Å². The van der Waals surface area contributed by atoms with Gasteiger partial charge in [-0.15, -0.1) is 0 Å². The minimum Gasteiger partial charge on any atom is -0.457 e. The molecular formula is C25H20Cl2F3N3O3S. The highest BCUT2D eigenvalue weighted by Gasteiger charge is 2.31. The van der Waals surface area contributed by atoms with Crippen LogP contribution in [0.1, 0.15) is 11.3 Å². The van der Waals surface area contributed by atoms with E-state index >= 15 is 0 Å². The maximum Gasteiger partial charge on any atom is 0.416 e. The lowest BCUT2D eigenvalue weighted by Crippen LogP contribution is -2.38. The Balaban J connectivity index is 1.43. The van der Waals surface area contributed by atoms with Crippen LogP contribution in [0.3, 0.4) is 0 Å². The van der Waals surface area contributed by atoms with Crippen LogP contribution >= 0.6 is 35.4 Å². The summed E-state index contributed by atoms with van der Waals surface area (Å²) in [4.78, 5) is 14.3. The van der Waals surface area contributed by atoms with Crippen molar-refractivity contribution in [1.29, 1.82) is 0 Å². The van der Waals surface area contributed by atoms with Gasteiger partial charge < -0.3 is 19.4 Å². The Morgan fingerprint density at radius 3 is 2.51 bits per heavy atom. The van der Waals surface area contributed by atoms with E-state index in [-0.39, 0.29) is 10.8 Å². The van der Waals surface area contributed by atoms with Gasteiger partial charge in [0, 0.05) is 29.8 Å². The summed E-state index contributed by atoms with van der Waals surface area (Å²) in [7, 11) is 0. The standard InChI is InChI=1S/C25H20Cl2F3N3O3S/c26-16-2-5-18(19(27)14-16)22-7-3-17(36-22)4-8-23(34)32-24(37)31-20-13-15(25(28,29)30)1-6-21(20)33-9-11-35-12-10-33/h1-8,13-14H,9-12H2,(H2,31,32,34,37)/b8-4+. The number of nitrogens with zero attached hydrogens (tertiary/aromatic N) is 1. The SMILES string of the molecule is O=C(/C=C/c1ccc(-c2ccc(Cl)cc2Cl)o1)NC(=S)Nc1cc(C(F)(F)F)ccc1N1CCOCC1. The number of hydrogen-bond acceptors (Lipinski definition) is 5. The minimum atomic E-state index is -4.54. The first-order chi connectivity index (χ1) is 17.6. The first kappa shape index (κ1) is 27.0. The zero-order valence-corrected chi connectivity index (χ0v) is 21.4. The molecule has 0 bridgehead atoms. The lowest BCUT2D eigenvalue weighted by atomic mass is 10.1. The molecule has 1 fully saturated rings. The molecule has 0 saturated carbocycles. The summed E-state index contributed by atoms with van der Waals surface area (Å²) in [5, 5.41) is 5.90. The fraction of sp³-hybridized carbons (Fsp3) is 0.200. The summed E-state index contributed by atoms with van der Waals surface area (Å²) in [6.07, 6.45) is -1.92. The average molecular weight is 570 g/mol. The fourth-order valence-corrected chi connectivity index (χ4v) is 4.35. The number of hydrogen-bond donors (Lipinski definition) is 2. The number of nitrogens with one attached hydrogen (secondary N) is 2. The molecule has 1 amide bonds. The van der Waals surface area contributed by atoms with Crippen molar-refractivity contribution in [2.75, 3.05) is 36.5 Å². The van der Waals surface area contributed by atoms with Gasteiger partial charge in [0.2, 0.25) is 5.91 Å². The van der Waals surface area contributed by atoms with Crippen LogP contribution in [0.15, 0.2) is 59.0 Å². The van der Waals surface area contributed by atoms with Crippen molar-refractivity contribution in [1.82, 2.24) is 5.32 Å². The van der Waals surface area contributed by atoms with E-state index < -0.39 is 17.6 Å². The third-order valence-corrected chi connectivity index (χ3v) is 6.13. The zero-order chi connectivity index (χ0) is 26.6. The molecule has 1 aliphatic heterocycles. The third-order valence-electron chi connectivity index (χ3n) is 5.38. The molecule has 6 nitrogen and oxygen atoms in total. The number of halogens is 5. The normalized spacial score (nSPS) is 14.1. The smallest absolute Gasteiger partial charge is 0.416 e. The largest absolute Gasteiger partial charge is 0.457 e. The predicted molar refractivity (Wildman–Crippen MR) is 142 cm³/mol. The molecule has 2 aromatic carbocycles. The van der Waals surface area contributed by atoms with Crippen molar-refractivity contribution >= 4 is 63.9 Å². The second-order valence-electron chi connectivity index (χ2n) is 7.93. The van der Waals surface area contributed by atoms with Crippen LogP contribution in [0, 0.1) is 0 Å². The van der Waals surface area contributed by atoms with Gasteiger partial charge >= 0.3 is 6.18 Å². The summed E-state index contributed by atoms with van der Waals surface area (Å²) in [5.74, 6) is 0.265. The topological polar surface area (TPSA) is 66.7 Å². The Morgan fingerprint density at radius 2 is 1.81 bits per heavy atom. The van der Waals surface area contributed by atoms with Crippen LogP contribution in [-0.4, -0.2) is 37.3 Å². The van der Waals surface area contributed by atoms with Crippen LogP contribution < -0.4 is 15.5 Å². The Hall–Kier alpha value is -3.05. The Morgan fingerprint density at radius 1 is 1.05 bits per heavy atom. The van der Waals surface area contributed by atoms with E-state index in [2.05, 4.69) is 10.6 Å². The summed E-state index contributed by atoms with van der Waals surface area (Å²) in [5.41, 5.74) is 0.446. The third kappa shape index (κ3) is 7.04. The van der Waals surface area contributed by atoms with Gasteiger partial charge in [-0.05, 0) is 66.8 Å². The molecule has 0 aliphatic carbocycles. The highest BCUT2D eigenvalue weighted by atomic mass is 35.5. The van der Waals surface area contributed by atoms with Gasteiger partial charge in [-0.3, -0.25) is 10.1 Å². The van der Waals surface area contributed by atoms with E-state index in [9.17, 15) is 18.0 Å². The van der Waals surface area contributed by atoms with E-state index in [4.69, 9.17) is 44.6 Å². The first-order valence-electron chi connectivity index (χ1n) is 11.0. The molecule has 12 heteroatoms. The average Bonchev–Trinajstić information content (AvgIpc) is 3.31. The second kappa shape index (κ2) is 11.6. The second-order valence-corrected chi connectivity index (χ2v) is 9.18. The molecule has 194 valence electrons. The van der Waals surface area contributed by atoms with Crippen molar-refractivity contribution in [3.63, 3.8) is 0 Å². The van der Waals surface area contributed by atoms with Crippen LogP contribution in [0.25, 0.3) is 17.4 Å². The number of rotatable bonds is 5. The van der Waals surface area contributed by atoms with E-state index in [1.807, 2.05) is 4.90 Å². The van der Waals surface area contributed by atoms with Gasteiger partial charge in [0.25, 0.3) is 0 Å². The molecule has 1 aliphatic rings. The molecule has 0 atom stereocenters. The highest BCUT2D eigenvalue weighted by molar-refractivity contribution is 7.80. The molecule has 1 aromatic heterocycles. The Bertz CT molecular complexity index is 1340. The number of ether oxygens (including phenoxy) is 1. The van der Waals surface area contributed by atoms with Gasteiger partial charge in [-0.2, -0.15) is 13.2 Å². The number of amides is 1. The molecule has 1 saturated heterocycles. The Labute approximate surface area is 226 Å². The minimum absolute atomic E-state index is 0.126. The van der Waals surface area contributed by atoms with E-state index in [1.54, 1.807) is 30.3 Å². The lowest BCUT2D eigenvalue weighted by Gasteiger charge is -2.31. The molecule has 2 heterocycles. The quantitative estimate of drug-likeness (QED) is 0.265. The maximum absolute atomic E-state index is 13.3. The van der Waals surface area contributed by atoms with Crippen molar-refractivity contribution in [2.45, 2.75) is 6.18 Å². The number of morpholine rings is 1. The lowest BCUT2D eigenvalue weighted by molar-refractivity contribution is -0.137. The summed E-state index contributed by atoms with van der Waals surface area (Å²) >= 11 is 17.3. The highest BCUT2D eigenvalue weighted by Crippen LogP contribution is 2.36. The predicted octanol–water partition coefficient (Wildman–Crippen LogP) is 6.64. The zero-order valence-electron chi connectivity index (χ0n) is 19.1. The van der Waals surface area contributed by atoms with Crippen LogP contribution in [-0.2, 0) is 15.7 Å². The number of carbonyl (C=O) groups is 1. The number of anilines is 2. The van der Waals surface area contributed by atoms with E-state index in [0.29, 0.717) is 59.1 Å². The molecule has 0 radical (unpaired) electrons. The van der Waals surface area contributed by atoms with Crippen molar-refractivity contribution in [3.8, 4) is 11.3 Å². The number of alkyl halides is 3. The Kier molecular flexibility index (Phi) is 8.43. The van der Waals surface area contributed by atoms with E-state index in [0.717, 1.165) is 12.1 Å². The van der Waals surface area contributed by atoms with Crippen LogP contribution in [0.4, 0.5) is 24.5 Å². The van der Waals surface area contributed by atoms with Gasteiger partial charge in [0.05, 0.1) is 35.2 Å². The number of thiocarbonyl (C=S) groups is 1. The molecule has 3 aromatic rings. The summed E-state index contributed by atoms with van der Waals surface area (Å²) in [6.45, 7) is 1.92. The van der Waals surface area contributed by atoms with Gasteiger partial charge in [-0.1, -0.05) is 23.2 Å². The first-order valence-corrected chi connectivity index (χ1v) is 12.2. The van der Waals surface area contributed by atoms with E-state index in [1.165, 1.54) is 18.2 Å². The monoisotopic (exact) mass is 569 g/mol. The van der Waals surface area contributed by atoms with Gasteiger partial charge in [-0.25, -0.2) is 0 Å².